The molecule has 1 aliphatic rings. The number of hydrogen-bond acceptors (Lipinski definition) is 3. The van der Waals surface area contributed by atoms with E-state index in [1.165, 1.54) is 32.1 Å². The van der Waals surface area contributed by atoms with Gasteiger partial charge >= 0.3 is 0 Å². The van der Waals surface area contributed by atoms with Gasteiger partial charge in [0.1, 0.15) is 11.3 Å². The molecule has 0 bridgehead atoms. The number of halogens is 1. The number of rotatable bonds is 1. The molecule has 1 saturated carbocycles. The highest BCUT2D eigenvalue weighted by molar-refractivity contribution is 6.32. The van der Waals surface area contributed by atoms with Crippen molar-refractivity contribution in [2.45, 2.75) is 44.9 Å². The van der Waals surface area contributed by atoms with Gasteiger partial charge in [0, 0.05) is 25.2 Å². The third-order valence-corrected chi connectivity index (χ3v) is 3.70. The molecule has 5 nitrogen and oxygen atoms in total. The zero-order valence-electron chi connectivity index (χ0n) is 11.4. The topological polar surface area (TPSA) is 67.5 Å². The summed E-state index contributed by atoms with van der Waals surface area (Å²) in [6.45, 7) is 1.08. The van der Waals surface area contributed by atoms with Gasteiger partial charge in [0.05, 0.1) is 6.20 Å². The van der Waals surface area contributed by atoms with Gasteiger partial charge in [-0.2, -0.15) is 0 Å². The van der Waals surface area contributed by atoms with Crippen molar-refractivity contribution < 1.29 is 9.90 Å². The molecule has 1 N–H and O–H groups in total. The van der Waals surface area contributed by atoms with Gasteiger partial charge in [-0.15, -0.1) is 0 Å². The molecule has 1 fully saturated rings. The van der Waals surface area contributed by atoms with E-state index in [0.717, 1.165) is 18.3 Å². The molecule has 108 valence electrons. The first-order chi connectivity index (χ1) is 9.59. The lowest BCUT2D eigenvalue weighted by molar-refractivity contribution is -0.134. The molecule has 0 unspecified atom stereocenters. The quantitative estimate of drug-likeness (QED) is 0.874. The van der Waals surface area contributed by atoms with Crippen LogP contribution in [0.25, 0.3) is 5.52 Å². The van der Waals surface area contributed by atoms with Gasteiger partial charge in [-0.3, -0.25) is 9.20 Å². The minimum absolute atomic E-state index is 0.539. The number of carbonyl (C=O) groups is 1. The number of aromatic nitrogens is 3. The summed E-state index contributed by atoms with van der Waals surface area (Å²) in [4.78, 5) is 17.6. The van der Waals surface area contributed by atoms with Gasteiger partial charge in [-0.05, 0) is 12.8 Å². The molecule has 0 amide bonds. The van der Waals surface area contributed by atoms with Gasteiger partial charge in [0.15, 0.2) is 5.15 Å². The maximum absolute atomic E-state index is 9.00. The number of carboxylic acid groups (broad SMARTS) is 1. The summed E-state index contributed by atoms with van der Waals surface area (Å²) in [7, 11) is 0. The molecule has 2 aromatic rings. The first-order valence-electron chi connectivity index (χ1n) is 6.76. The normalized spacial score (nSPS) is 15.7. The Morgan fingerprint density at radius 2 is 2.00 bits per heavy atom. The first-order valence-corrected chi connectivity index (χ1v) is 7.14. The molecule has 0 saturated heterocycles. The minimum Gasteiger partial charge on any atom is -0.481 e. The highest BCUT2D eigenvalue weighted by atomic mass is 35.5. The maximum atomic E-state index is 9.00. The van der Waals surface area contributed by atoms with Crippen molar-refractivity contribution >= 4 is 23.1 Å². The van der Waals surface area contributed by atoms with Gasteiger partial charge in [-0.1, -0.05) is 30.9 Å². The third kappa shape index (κ3) is 3.48. The number of imidazole rings is 1. The lowest BCUT2D eigenvalue weighted by Gasteiger charge is -2.20. The van der Waals surface area contributed by atoms with E-state index >= 15 is 0 Å². The maximum Gasteiger partial charge on any atom is 0.300 e. The molecular weight excluding hydrogens is 278 g/mol. The van der Waals surface area contributed by atoms with Crippen molar-refractivity contribution in [2.75, 3.05) is 0 Å². The Labute approximate surface area is 122 Å². The van der Waals surface area contributed by atoms with Crippen LogP contribution in [0.15, 0.2) is 18.6 Å². The van der Waals surface area contributed by atoms with E-state index in [0.29, 0.717) is 11.1 Å². The van der Waals surface area contributed by atoms with Gasteiger partial charge in [-0.25, -0.2) is 9.97 Å². The van der Waals surface area contributed by atoms with Crippen LogP contribution in [0, 0.1) is 0 Å². The summed E-state index contributed by atoms with van der Waals surface area (Å²) < 4.78 is 2.09. The van der Waals surface area contributed by atoms with Crippen LogP contribution in [0.1, 0.15) is 50.8 Å². The zero-order chi connectivity index (χ0) is 14.5. The van der Waals surface area contributed by atoms with Crippen LogP contribution in [0.3, 0.4) is 0 Å². The van der Waals surface area contributed by atoms with E-state index < -0.39 is 5.97 Å². The SMILES string of the molecule is CC(=O)O.Clc1nccn2c(C3CCCCC3)ncc12. The average molecular weight is 296 g/mol. The Bertz CT molecular complexity index is 587. The van der Waals surface area contributed by atoms with E-state index in [9.17, 15) is 0 Å². The van der Waals surface area contributed by atoms with Crippen molar-refractivity contribution in [3.63, 3.8) is 0 Å². The Balaban J connectivity index is 0.000000328. The summed E-state index contributed by atoms with van der Waals surface area (Å²) in [5, 5.41) is 7.96. The predicted octanol–water partition coefficient (Wildman–Crippen LogP) is 3.52. The van der Waals surface area contributed by atoms with Crippen LogP contribution in [0.4, 0.5) is 0 Å². The number of nitrogens with zero attached hydrogens (tertiary/aromatic N) is 3. The summed E-state index contributed by atoms with van der Waals surface area (Å²) in [6.07, 6.45) is 12.0. The van der Waals surface area contributed by atoms with E-state index in [2.05, 4.69) is 14.4 Å². The summed E-state index contributed by atoms with van der Waals surface area (Å²) in [5.74, 6) is 0.911. The number of hydrogen-bond donors (Lipinski definition) is 1. The fraction of sp³-hybridized carbons (Fsp3) is 0.500. The monoisotopic (exact) mass is 295 g/mol. The predicted molar refractivity (Wildman–Crippen MR) is 77.1 cm³/mol. The van der Waals surface area contributed by atoms with Crippen LogP contribution in [0.2, 0.25) is 5.15 Å². The minimum atomic E-state index is -0.833. The third-order valence-electron chi connectivity index (χ3n) is 3.41. The van der Waals surface area contributed by atoms with Gasteiger partial charge in [0.25, 0.3) is 5.97 Å². The lowest BCUT2D eigenvalue weighted by Crippen LogP contribution is -2.08. The first kappa shape index (κ1) is 14.8. The Morgan fingerprint density at radius 3 is 2.65 bits per heavy atom. The van der Waals surface area contributed by atoms with E-state index in [1.807, 2.05) is 12.4 Å². The zero-order valence-corrected chi connectivity index (χ0v) is 12.2. The molecule has 2 heterocycles. The summed E-state index contributed by atoms with van der Waals surface area (Å²) in [5.41, 5.74) is 0.921. The van der Waals surface area contributed by atoms with Crippen LogP contribution in [0.5, 0.6) is 0 Å². The molecule has 0 aliphatic heterocycles. The lowest BCUT2D eigenvalue weighted by atomic mass is 9.89. The van der Waals surface area contributed by atoms with Crippen molar-refractivity contribution in [2.24, 2.45) is 0 Å². The molecule has 20 heavy (non-hydrogen) atoms. The smallest absolute Gasteiger partial charge is 0.300 e. The standard InChI is InChI=1S/C12H14ClN3.C2H4O2/c13-11-10-8-15-12(16(10)7-6-14-11)9-4-2-1-3-5-9;1-2(3)4/h6-9H,1-5H2;1H3,(H,3,4). The fourth-order valence-corrected chi connectivity index (χ4v) is 2.78. The van der Waals surface area contributed by atoms with Gasteiger partial charge < -0.3 is 5.11 Å². The van der Waals surface area contributed by atoms with E-state index in [4.69, 9.17) is 21.5 Å². The van der Waals surface area contributed by atoms with Crippen molar-refractivity contribution in [1.82, 2.24) is 14.4 Å². The molecule has 0 atom stereocenters. The Morgan fingerprint density at radius 1 is 1.35 bits per heavy atom. The number of aliphatic carboxylic acids is 1. The highest BCUT2D eigenvalue weighted by Gasteiger charge is 2.20. The van der Waals surface area contributed by atoms with Crippen molar-refractivity contribution in [3.05, 3.63) is 29.6 Å². The van der Waals surface area contributed by atoms with E-state index in [1.54, 1.807) is 6.20 Å². The Kier molecular flexibility index (Phi) is 4.95. The molecule has 0 radical (unpaired) electrons. The van der Waals surface area contributed by atoms with Crippen LogP contribution < -0.4 is 0 Å². The van der Waals surface area contributed by atoms with Gasteiger partial charge in [0.2, 0.25) is 0 Å². The molecule has 0 aromatic carbocycles. The molecular formula is C14H18ClN3O2. The molecule has 3 rings (SSSR count). The summed E-state index contributed by atoms with van der Waals surface area (Å²) >= 11 is 6.04. The molecule has 0 spiro atoms. The second kappa shape index (κ2) is 6.70. The number of fused-ring (bicyclic) bond motifs is 1. The highest BCUT2D eigenvalue weighted by Crippen LogP contribution is 2.32. The summed E-state index contributed by atoms with van der Waals surface area (Å²) in [6, 6.07) is 0. The van der Waals surface area contributed by atoms with Crippen molar-refractivity contribution in [1.29, 1.82) is 0 Å². The molecule has 2 aromatic heterocycles. The molecule has 1 aliphatic carbocycles. The van der Waals surface area contributed by atoms with Crippen LogP contribution in [-0.2, 0) is 4.79 Å². The second-order valence-corrected chi connectivity index (χ2v) is 5.30. The average Bonchev–Trinajstić information content (AvgIpc) is 2.84. The van der Waals surface area contributed by atoms with Crippen molar-refractivity contribution in [3.8, 4) is 0 Å². The molecule has 6 heteroatoms. The second-order valence-electron chi connectivity index (χ2n) is 4.94. The number of carboxylic acids is 1. The van der Waals surface area contributed by atoms with Crippen LogP contribution >= 0.6 is 11.6 Å². The van der Waals surface area contributed by atoms with E-state index in [-0.39, 0.29) is 0 Å². The Hall–Kier alpha value is -1.62. The largest absolute Gasteiger partial charge is 0.481 e. The fourth-order valence-electron chi connectivity index (χ4n) is 2.58. The van der Waals surface area contributed by atoms with Crippen LogP contribution in [-0.4, -0.2) is 25.4 Å².